The first-order chi connectivity index (χ1) is 10.4. The Kier molecular flexibility index (Phi) is 6.92. The standard InChI is InChI=1S/C20H34OSi/c1-8-12-19(22(9-2,10-3)11-4)20(5,6)17-13-15-18(21-7)16-14-17/h12-16H,8-11H2,1-7H3. The van der Waals surface area contributed by atoms with Crippen molar-refractivity contribution in [2.24, 2.45) is 0 Å². The average molecular weight is 319 g/mol. The summed E-state index contributed by atoms with van der Waals surface area (Å²) in [6.07, 6.45) is 3.66. The van der Waals surface area contributed by atoms with Gasteiger partial charge in [0.1, 0.15) is 5.75 Å². The van der Waals surface area contributed by atoms with Gasteiger partial charge in [-0.25, -0.2) is 0 Å². The SMILES string of the molecule is CCC=C(C(C)(C)c1ccc(OC)cc1)[Si](CC)(CC)CC. The molecule has 1 aromatic carbocycles. The van der Waals surface area contributed by atoms with Crippen molar-refractivity contribution in [1.82, 2.24) is 0 Å². The Morgan fingerprint density at radius 2 is 1.50 bits per heavy atom. The lowest BCUT2D eigenvalue weighted by Gasteiger charge is -2.41. The zero-order valence-electron chi connectivity index (χ0n) is 15.6. The Hall–Kier alpha value is -1.02. The van der Waals surface area contributed by atoms with E-state index >= 15 is 0 Å². The number of methoxy groups -OCH3 is 1. The molecule has 2 heteroatoms. The van der Waals surface area contributed by atoms with Gasteiger partial charge in [-0.2, -0.15) is 0 Å². The molecule has 1 aromatic rings. The number of hydrogen-bond donors (Lipinski definition) is 0. The molecule has 1 rings (SSSR count). The molecule has 0 unspecified atom stereocenters. The van der Waals surface area contributed by atoms with E-state index in [0.29, 0.717) is 0 Å². The second-order valence-corrected chi connectivity index (χ2v) is 11.9. The molecule has 0 heterocycles. The fraction of sp³-hybridized carbons (Fsp3) is 0.600. The third-order valence-electron chi connectivity index (χ3n) is 5.49. The second kappa shape index (κ2) is 8.01. The molecule has 0 spiro atoms. The van der Waals surface area contributed by atoms with Crippen LogP contribution in [0.2, 0.25) is 18.1 Å². The van der Waals surface area contributed by atoms with Crippen molar-refractivity contribution in [2.45, 2.75) is 71.5 Å². The van der Waals surface area contributed by atoms with Crippen LogP contribution in [0.4, 0.5) is 0 Å². The number of hydrogen-bond acceptors (Lipinski definition) is 1. The molecule has 0 aromatic heterocycles. The van der Waals surface area contributed by atoms with Crippen LogP contribution in [-0.2, 0) is 5.41 Å². The Labute approximate surface area is 138 Å². The topological polar surface area (TPSA) is 9.23 Å². The molecule has 124 valence electrons. The van der Waals surface area contributed by atoms with Crippen LogP contribution in [-0.4, -0.2) is 15.2 Å². The lowest BCUT2D eigenvalue weighted by atomic mass is 9.83. The van der Waals surface area contributed by atoms with Crippen LogP contribution in [0.3, 0.4) is 0 Å². The fourth-order valence-corrected chi connectivity index (χ4v) is 8.57. The minimum Gasteiger partial charge on any atom is -0.497 e. The van der Waals surface area contributed by atoms with Crippen molar-refractivity contribution in [2.75, 3.05) is 7.11 Å². The van der Waals surface area contributed by atoms with Crippen molar-refractivity contribution in [3.8, 4) is 5.75 Å². The molecule has 0 bridgehead atoms. The number of ether oxygens (including phenoxy) is 1. The first-order valence-corrected chi connectivity index (χ1v) is 11.4. The summed E-state index contributed by atoms with van der Waals surface area (Å²) in [5.41, 5.74) is 1.51. The van der Waals surface area contributed by atoms with E-state index < -0.39 is 8.07 Å². The maximum atomic E-state index is 5.31. The van der Waals surface area contributed by atoms with E-state index in [0.717, 1.165) is 12.2 Å². The molecule has 0 amide bonds. The Bertz CT molecular complexity index is 473. The molecule has 1 nitrogen and oxygen atoms in total. The van der Waals surface area contributed by atoms with Gasteiger partial charge in [0.05, 0.1) is 15.2 Å². The van der Waals surface area contributed by atoms with Crippen LogP contribution in [0.15, 0.2) is 35.5 Å². The Morgan fingerprint density at radius 1 is 1.00 bits per heavy atom. The summed E-state index contributed by atoms with van der Waals surface area (Å²) in [7, 11) is 0.350. The molecule has 0 saturated heterocycles. The second-order valence-electron chi connectivity index (χ2n) is 6.72. The van der Waals surface area contributed by atoms with Gasteiger partial charge in [-0.1, -0.05) is 83.1 Å². The molecule has 0 fully saturated rings. The molecule has 0 radical (unpaired) electrons. The van der Waals surface area contributed by atoms with Gasteiger partial charge < -0.3 is 4.74 Å². The highest BCUT2D eigenvalue weighted by Gasteiger charge is 2.40. The van der Waals surface area contributed by atoms with E-state index in [1.54, 1.807) is 12.3 Å². The van der Waals surface area contributed by atoms with Gasteiger partial charge in [-0.3, -0.25) is 0 Å². The largest absolute Gasteiger partial charge is 0.497 e. The van der Waals surface area contributed by atoms with Crippen molar-refractivity contribution in [3.05, 3.63) is 41.1 Å². The summed E-state index contributed by atoms with van der Waals surface area (Å²) in [6, 6.07) is 12.7. The molecule has 0 atom stereocenters. The normalized spacial score (nSPS) is 13.3. The predicted octanol–water partition coefficient (Wildman–Crippen LogP) is 6.36. The van der Waals surface area contributed by atoms with Crippen LogP contribution in [0.1, 0.15) is 53.5 Å². The molecule has 0 aliphatic carbocycles. The summed E-state index contributed by atoms with van der Waals surface area (Å²) in [5, 5.41) is 1.74. The number of rotatable bonds is 8. The maximum Gasteiger partial charge on any atom is 0.118 e. The van der Waals surface area contributed by atoms with Gasteiger partial charge >= 0.3 is 0 Å². The highest BCUT2D eigenvalue weighted by atomic mass is 28.3. The lowest BCUT2D eigenvalue weighted by molar-refractivity contribution is 0.414. The van der Waals surface area contributed by atoms with Crippen LogP contribution in [0.25, 0.3) is 0 Å². The Balaban J connectivity index is 3.36. The Morgan fingerprint density at radius 3 is 1.86 bits per heavy atom. The molecule has 0 N–H and O–H groups in total. The van der Waals surface area contributed by atoms with Crippen molar-refractivity contribution < 1.29 is 4.74 Å². The van der Waals surface area contributed by atoms with Crippen molar-refractivity contribution in [3.63, 3.8) is 0 Å². The van der Waals surface area contributed by atoms with Gasteiger partial charge in [0, 0.05) is 5.41 Å². The van der Waals surface area contributed by atoms with Crippen molar-refractivity contribution in [1.29, 1.82) is 0 Å². The number of allylic oxidation sites excluding steroid dienone is 2. The quantitative estimate of drug-likeness (QED) is 0.507. The lowest BCUT2D eigenvalue weighted by Crippen LogP contribution is -2.43. The van der Waals surface area contributed by atoms with E-state index in [9.17, 15) is 0 Å². The summed E-state index contributed by atoms with van der Waals surface area (Å²) in [6.45, 7) is 14.3. The van der Waals surface area contributed by atoms with E-state index in [1.807, 2.05) is 0 Å². The molecule has 0 saturated carbocycles. The van der Waals surface area contributed by atoms with E-state index in [4.69, 9.17) is 4.74 Å². The minimum absolute atomic E-state index is 0.108. The van der Waals surface area contributed by atoms with E-state index in [1.165, 1.54) is 23.7 Å². The molecular weight excluding hydrogens is 284 g/mol. The summed E-state index contributed by atoms with van der Waals surface area (Å²) >= 11 is 0. The summed E-state index contributed by atoms with van der Waals surface area (Å²) in [4.78, 5) is 0. The highest BCUT2D eigenvalue weighted by Crippen LogP contribution is 2.42. The molecular formula is C20H34OSi. The third kappa shape index (κ3) is 3.65. The fourth-order valence-electron chi connectivity index (χ4n) is 3.82. The highest BCUT2D eigenvalue weighted by molar-refractivity contribution is 6.86. The zero-order chi connectivity index (χ0) is 16.8. The first-order valence-electron chi connectivity index (χ1n) is 8.77. The summed E-state index contributed by atoms with van der Waals surface area (Å²) < 4.78 is 5.31. The van der Waals surface area contributed by atoms with Gasteiger partial charge in [-0.05, 0) is 24.1 Å². The maximum absolute atomic E-state index is 5.31. The summed E-state index contributed by atoms with van der Waals surface area (Å²) in [5.74, 6) is 0.936. The minimum atomic E-state index is -1.38. The van der Waals surface area contributed by atoms with Crippen molar-refractivity contribution >= 4 is 8.07 Å². The smallest absolute Gasteiger partial charge is 0.118 e. The van der Waals surface area contributed by atoms with Crippen LogP contribution < -0.4 is 4.74 Å². The number of benzene rings is 1. The van der Waals surface area contributed by atoms with Gasteiger partial charge in [0.2, 0.25) is 0 Å². The third-order valence-corrected chi connectivity index (χ3v) is 11.5. The first kappa shape index (κ1) is 19.0. The van der Waals surface area contributed by atoms with Crippen LogP contribution >= 0.6 is 0 Å². The molecule has 0 aliphatic heterocycles. The average Bonchev–Trinajstić information content (AvgIpc) is 2.56. The van der Waals surface area contributed by atoms with E-state index in [2.05, 4.69) is 71.9 Å². The monoisotopic (exact) mass is 318 g/mol. The predicted molar refractivity (Wildman–Crippen MR) is 102 cm³/mol. The molecule has 22 heavy (non-hydrogen) atoms. The van der Waals surface area contributed by atoms with Gasteiger partial charge in [-0.15, -0.1) is 0 Å². The van der Waals surface area contributed by atoms with Crippen LogP contribution in [0, 0.1) is 0 Å². The van der Waals surface area contributed by atoms with Crippen LogP contribution in [0.5, 0.6) is 5.75 Å². The zero-order valence-corrected chi connectivity index (χ0v) is 16.6. The van der Waals surface area contributed by atoms with E-state index in [-0.39, 0.29) is 5.41 Å². The van der Waals surface area contributed by atoms with Gasteiger partial charge in [0.25, 0.3) is 0 Å². The molecule has 0 aliphatic rings. The van der Waals surface area contributed by atoms with Gasteiger partial charge in [0.15, 0.2) is 0 Å².